The third-order valence-corrected chi connectivity index (χ3v) is 6.87. The van der Waals surface area contributed by atoms with Crippen molar-refractivity contribution in [2.75, 3.05) is 50.5 Å². The van der Waals surface area contributed by atoms with Crippen LogP contribution in [-0.2, 0) is 30.4 Å². The van der Waals surface area contributed by atoms with E-state index in [-0.39, 0.29) is 18.5 Å². The van der Waals surface area contributed by atoms with Crippen LogP contribution in [0.1, 0.15) is 18.9 Å². The van der Waals surface area contributed by atoms with Crippen molar-refractivity contribution in [1.82, 2.24) is 19.9 Å². The molecule has 0 unspecified atom stereocenters. The molecule has 1 saturated heterocycles. The quantitative estimate of drug-likeness (QED) is 0.229. The number of esters is 1. The predicted octanol–water partition coefficient (Wildman–Crippen LogP) is 4.19. The Morgan fingerprint density at radius 2 is 1.68 bits per heavy atom. The lowest BCUT2D eigenvalue weighted by molar-refractivity contribution is -0.143. The van der Waals surface area contributed by atoms with Gasteiger partial charge in [0.2, 0.25) is 11.8 Å². The molecule has 3 heterocycles. The van der Waals surface area contributed by atoms with E-state index in [1.807, 2.05) is 0 Å². The highest BCUT2D eigenvalue weighted by Crippen LogP contribution is 2.30. The Morgan fingerprint density at radius 1 is 1.00 bits per heavy atom. The lowest BCUT2D eigenvalue weighted by atomic mass is 10.1. The minimum absolute atomic E-state index is 0.185. The molecule has 1 aliphatic heterocycles. The van der Waals surface area contributed by atoms with Crippen LogP contribution in [0, 0.1) is 0 Å². The molecule has 1 aliphatic rings. The molecule has 0 spiro atoms. The predicted molar refractivity (Wildman–Crippen MR) is 151 cm³/mol. The Balaban J connectivity index is 1.44. The lowest BCUT2D eigenvalue weighted by Crippen LogP contribution is -2.47. The molecule has 40 heavy (non-hydrogen) atoms. The number of hydrogen-bond acceptors (Lipinski definition) is 11. The van der Waals surface area contributed by atoms with E-state index in [0.29, 0.717) is 58.1 Å². The van der Waals surface area contributed by atoms with Gasteiger partial charge in [-0.25, -0.2) is 15.0 Å². The fourth-order valence-electron chi connectivity index (χ4n) is 4.02. The summed E-state index contributed by atoms with van der Waals surface area (Å²) in [6.45, 7) is 5.64. The number of carbonyl (C=O) groups excluding carboxylic acids is 1. The zero-order chi connectivity index (χ0) is 28.7. The van der Waals surface area contributed by atoms with Crippen molar-refractivity contribution in [3.05, 3.63) is 58.3 Å². The maximum atomic E-state index is 11.6. The van der Waals surface area contributed by atoms with Crippen LogP contribution in [0.15, 0.2) is 42.7 Å². The van der Waals surface area contributed by atoms with Crippen LogP contribution in [0.5, 0.6) is 11.6 Å². The summed E-state index contributed by atoms with van der Waals surface area (Å²) in [5.41, 5.74) is 1.60. The number of piperazine rings is 1. The molecule has 1 fully saturated rings. The zero-order valence-corrected chi connectivity index (χ0v) is 24.4. The van der Waals surface area contributed by atoms with E-state index in [0.717, 1.165) is 32.4 Å². The van der Waals surface area contributed by atoms with E-state index in [4.69, 9.17) is 36.9 Å². The van der Waals surface area contributed by atoms with E-state index in [9.17, 15) is 13.2 Å². The number of hydrogen-bond donors (Lipinski definition) is 0. The molecule has 2 aromatic heterocycles. The Hall–Kier alpha value is -3.03. The van der Waals surface area contributed by atoms with Gasteiger partial charge in [0.1, 0.15) is 0 Å². The molecular weight excluding hydrogens is 581 g/mol. The Kier molecular flexibility index (Phi) is 10.1. The number of rotatable bonds is 11. The molecule has 0 radical (unpaired) electrons. The molecule has 0 N–H and O–H groups in total. The molecule has 11 nitrogen and oxygen atoms in total. The normalized spacial score (nSPS) is 14.2. The molecule has 14 heteroatoms. The van der Waals surface area contributed by atoms with Gasteiger partial charge in [0, 0.05) is 54.4 Å². The summed E-state index contributed by atoms with van der Waals surface area (Å²) >= 11 is 12.3. The second kappa shape index (κ2) is 13.6. The van der Waals surface area contributed by atoms with Crippen LogP contribution in [0.3, 0.4) is 0 Å². The fourth-order valence-corrected chi connectivity index (χ4v) is 4.90. The van der Waals surface area contributed by atoms with Gasteiger partial charge in [-0.1, -0.05) is 23.2 Å². The van der Waals surface area contributed by atoms with Crippen LogP contribution in [0.25, 0.3) is 11.3 Å². The summed E-state index contributed by atoms with van der Waals surface area (Å²) in [4.78, 5) is 29.3. The summed E-state index contributed by atoms with van der Waals surface area (Å²) in [5, 5.41) is 0.849. The van der Waals surface area contributed by atoms with Crippen LogP contribution in [0.2, 0.25) is 10.0 Å². The average Bonchev–Trinajstić information content (AvgIpc) is 2.91. The Labute approximate surface area is 243 Å². The molecule has 214 valence electrons. The van der Waals surface area contributed by atoms with Gasteiger partial charge < -0.3 is 14.4 Å². The van der Waals surface area contributed by atoms with Gasteiger partial charge in [-0.2, -0.15) is 8.42 Å². The van der Waals surface area contributed by atoms with Crippen molar-refractivity contribution in [2.24, 2.45) is 0 Å². The molecule has 0 aliphatic carbocycles. The summed E-state index contributed by atoms with van der Waals surface area (Å²) in [6, 6.07) is 8.23. The van der Waals surface area contributed by atoms with Crippen molar-refractivity contribution in [3.8, 4) is 22.9 Å². The number of ether oxygens (including phenoxy) is 2. The summed E-state index contributed by atoms with van der Waals surface area (Å²) in [6.07, 6.45) is 4.45. The first-order chi connectivity index (χ1) is 19.1. The van der Waals surface area contributed by atoms with Gasteiger partial charge in [-0.3, -0.25) is 13.9 Å². The highest BCUT2D eigenvalue weighted by atomic mass is 35.5. The van der Waals surface area contributed by atoms with E-state index < -0.39 is 10.1 Å². The van der Waals surface area contributed by atoms with Crippen molar-refractivity contribution < 1.29 is 26.9 Å². The standard InChI is InChI=1S/C26H29Cl2N5O6S/c1-3-37-25(34)4-5-32-6-8-33(9-7-32)26-29-15-22(16-30-26)39-24-11-18(17-38-40(2,35)36)10-23(31-24)19-12-20(27)14-21(28)13-19/h10-16H,3-9,17H2,1-2H3. The fraction of sp³-hybridized carbons (Fsp3) is 0.385. The monoisotopic (exact) mass is 609 g/mol. The first-order valence-corrected chi connectivity index (χ1v) is 15.1. The Bertz CT molecular complexity index is 1410. The second-order valence-electron chi connectivity index (χ2n) is 9.03. The first kappa shape index (κ1) is 29.9. The van der Waals surface area contributed by atoms with Crippen molar-refractivity contribution >= 4 is 45.2 Å². The Morgan fingerprint density at radius 3 is 2.30 bits per heavy atom. The first-order valence-electron chi connectivity index (χ1n) is 12.5. The average molecular weight is 611 g/mol. The van der Waals surface area contributed by atoms with Crippen molar-refractivity contribution in [3.63, 3.8) is 0 Å². The largest absolute Gasteiger partial charge is 0.466 e. The van der Waals surface area contributed by atoms with Gasteiger partial charge in [-0.15, -0.1) is 0 Å². The van der Waals surface area contributed by atoms with Gasteiger partial charge in [0.15, 0.2) is 5.75 Å². The number of aromatic nitrogens is 3. The maximum Gasteiger partial charge on any atom is 0.307 e. The SMILES string of the molecule is CCOC(=O)CCN1CCN(c2ncc(Oc3cc(COS(C)(=O)=O)cc(-c4cc(Cl)cc(Cl)c4)n3)cn2)CC1. The second-order valence-corrected chi connectivity index (χ2v) is 11.5. The van der Waals surface area contributed by atoms with Crippen LogP contribution < -0.4 is 9.64 Å². The van der Waals surface area contributed by atoms with E-state index in [1.54, 1.807) is 49.6 Å². The summed E-state index contributed by atoms with van der Waals surface area (Å²) in [7, 11) is -3.67. The number of benzene rings is 1. The van der Waals surface area contributed by atoms with Crippen molar-refractivity contribution in [2.45, 2.75) is 20.0 Å². The molecule has 0 amide bonds. The number of carbonyl (C=O) groups is 1. The van der Waals surface area contributed by atoms with Gasteiger partial charge >= 0.3 is 5.97 Å². The van der Waals surface area contributed by atoms with Crippen molar-refractivity contribution in [1.29, 1.82) is 0 Å². The van der Waals surface area contributed by atoms with Gasteiger partial charge in [0.05, 0.1) is 44.0 Å². The van der Waals surface area contributed by atoms with E-state index in [2.05, 4.69) is 24.8 Å². The van der Waals surface area contributed by atoms with Crippen LogP contribution in [0.4, 0.5) is 5.95 Å². The zero-order valence-electron chi connectivity index (χ0n) is 22.0. The third kappa shape index (κ3) is 9.00. The molecule has 4 rings (SSSR count). The number of nitrogens with zero attached hydrogens (tertiary/aromatic N) is 5. The van der Waals surface area contributed by atoms with E-state index in [1.165, 1.54) is 0 Å². The molecule has 0 saturated carbocycles. The van der Waals surface area contributed by atoms with Crippen LogP contribution in [-0.4, -0.2) is 79.8 Å². The minimum Gasteiger partial charge on any atom is -0.466 e. The molecule has 3 aromatic rings. The van der Waals surface area contributed by atoms with Gasteiger partial charge in [-0.05, 0) is 36.8 Å². The lowest BCUT2D eigenvalue weighted by Gasteiger charge is -2.34. The molecule has 0 bridgehead atoms. The number of pyridine rings is 1. The highest BCUT2D eigenvalue weighted by molar-refractivity contribution is 7.85. The van der Waals surface area contributed by atoms with E-state index >= 15 is 0 Å². The highest BCUT2D eigenvalue weighted by Gasteiger charge is 2.20. The molecule has 1 aromatic carbocycles. The summed E-state index contributed by atoms with van der Waals surface area (Å²) < 4.78 is 39.0. The summed E-state index contributed by atoms with van der Waals surface area (Å²) in [5.74, 6) is 0.915. The number of halogens is 2. The molecular formula is C26H29Cl2N5O6S. The topological polar surface area (TPSA) is 124 Å². The third-order valence-electron chi connectivity index (χ3n) is 5.89. The minimum atomic E-state index is -3.67. The molecule has 0 atom stereocenters. The smallest absolute Gasteiger partial charge is 0.307 e. The van der Waals surface area contributed by atoms with Gasteiger partial charge in [0.25, 0.3) is 10.1 Å². The van der Waals surface area contributed by atoms with Crippen LogP contribution >= 0.6 is 23.2 Å². The maximum absolute atomic E-state index is 11.6. The number of anilines is 1.